The van der Waals surface area contributed by atoms with E-state index in [2.05, 4.69) is 25.2 Å². The van der Waals surface area contributed by atoms with E-state index >= 15 is 0 Å². The van der Waals surface area contributed by atoms with Gasteiger partial charge in [0.1, 0.15) is 5.75 Å². The van der Waals surface area contributed by atoms with Gasteiger partial charge in [-0.05, 0) is 35.7 Å². The number of ether oxygens (including phenoxy) is 1. The van der Waals surface area contributed by atoms with Crippen LogP contribution in [0.15, 0.2) is 54.6 Å². The SMILES string of the molecule is CC(C)c1cccc(NC(=O)CCOc2ccccc2)c1. The Labute approximate surface area is 126 Å². The molecule has 0 aliphatic carbocycles. The molecule has 0 atom stereocenters. The molecule has 2 aromatic carbocycles. The molecule has 3 nitrogen and oxygen atoms in total. The summed E-state index contributed by atoms with van der Waals surface area (Å²) in [5.41, 5.74) is 2.05. The van der Waals surface area contributed by atoms with Gasteiger partial charge in [-0.3, -0.25) is 4.79 Å². The summed E-state index contributed by atoms with van der Waals surface area (Å²) in [6, 6.07) is 17.5. The minimum absolute atomic E-state index is 0.0353. The van der Waals surface area contributed by atoms with Gasteiger partial charge in [0.15, 0.2) is 0 Å². The maximum Gasteiger partial charge on any atom is 0.227 e. The first-order chi connectivity index (χ1) is 10.1. The average Bonchev–Trinajstić information content (AvgIpc) is 2.48. The van der Waals surface area contributed by atoms with Crippen molar-refractivity contribution in [1.29, 1.82) is 0 Å². The Hall–Kier alpha value is -2.29. The number of rotatable bonds is 6. The molecule has 0 aliphatic heterocycles. The Kier molecular flexibility index (Phi) is 5.38. The summed E-state index contributed by atoms with van der Waals surface area (Å²) in [6.45, 7) is 4.64. The van der Waals surface area contributed by atoms with Crippen molar-refractivity contribution in [3.63, 3.8) is 0 Å². The molecule has 0 fully saturated rings. The highest BCUT2D eigenvalue weighted by Gasteiger charge is 2.05. The number of carbonyl (C=O) groups excluding carboxylic acids is 1. The molecule has 0 heterocycles. The number of hydrogen-bond donors (Lipinski definition) is 1. The minimum atomic E-state index is -0.0353. The molecule has 0 unspecified atom stereocenters. The van der Waals surface area contributed by atoms with Crippen molar-refractivity contribution in [2.24, 2.45) is 0 Å². The molecule has 0 aromatic heterocycles. The molecule has 1 N–H and O–H groups in total. The van der Waals surface area contributed by atoms with Gasteiger partial charge in [0.05, 0.1) is 13.0 Å². The van der Waals surface area contributed by atoms with E-state index < -0.39 is 0 Å². The lowest BCUT2D eigenvalue weighted by molar-refractivity contribution is -0.116. The molecule has 0 saturated carbocycles. The van der Waals surface area contributed by atoms with Crippen molar-refractivity contribution in [1.82, 2.24) is 0 Å². The fourth-order valence-corrected chi connectivity index (χ4v) is 1.98. The maximum atomic E-state index is 11.9. The van der Waals surface area contributed by atoms with Crippen LogP contribution in [0.3, 0.4) is 0 Å². The maximum absolute atomic E-state index is 11.9. The smallest absolute Gasteiger partial charge is 0.227 e. The van der Waals surface area contributed by atoms with E-state index in [1.165, 1.54) is 5.56 Å². The van der Waals surface area contributed by atoms with Crippen LogP contribution >= 0.6 is 0 Å². The van der Waals surface area contributed by atoms with Crippen LogP contribution in [0.25, 0.3) is 0 Å². The van der Waals surface area contributed by atoms with Gasteiger partial charge in [0.25, 0.3) is 0 Å². The van der Waals surface area contributed by atoms with Crippen molar-refractivity contribution in [3.05, 3.63) is 60.2 Å². The van der Waals surface area contributed by atoms with Crippen LogP contribution in [-0.4, -0.2) is 12.5 Å². The number of benzene rings is 2. The molecular weight excluding hydrogens is 262 g/mol. The molecule has 1 amide bonds. The van der Waals surface area contributed by atoms with Crippen molar-refractivity contribution < 1.29 is 9.53 Å². The zero-order valence-electron chi connectivity index (χ0n) is 12.5. The third-order valence-corrected chi connectivity index (χ3v) is 3.18. The Morgan fingerprint density at radius 2 is 1.86 bits per heavy atom. The van der Waals surface area contributed by atoms with E-state index in [9.17, 15) is 4.79 Å². The van der Waals surface area contributed by atoms with Gasteiger partial charge in [0.2, 0.25) is 5.91 Å². The molecule has 0 bridgehead atoms. The lowest BCUT2D eigenvalue weighted by Gasteiger charge is -2.10. The largest absolute Gasteiger partial charge is 0.493 e. The van der Waals surface area contributed by atoms with Gasteiger partial charge in [-0.2, -0.15) is 0 Å². The molecule has 110 valence electrons. The van der Waals surface area contributed by atoms with Crippen LogP contribution in [0.4, 0.5) is 5.69 Å². The average molecular weight is 283 g/mol. The molecule has 0 saturated heterocycles. The molecule has 2 aromatic rings. The number of hydrogen-bond acceptors (Lipinski definition) is 2. The summed E-state index contributed by atoms with van der Waals surface area (Å²) < 4.78 is 5.52. The van der Waals surface area contributed by atoms with E-state index in [0.29, 0.717) is 18.9 Å². The summed E-state index contributed by atoms with van der Waals surface area (Å²) in [4.78, 5) is 11.9. The lowest BCUT2D eigenvalue weighted by Crippen LogP contribution is -2.15. The van der Waals surface area contributed by atoms with E-state index in [-0.39, 0.29) is 5.91 Å². The first-order valence-electron chi connectivity index (χ1n) is 7.23. The Morgan fingerprint density at radius 1 is 1.10 bits per heavy atom. The Morgan fingerprint density at radius 3 is 2.57 bits per heavy atom. The van der Waals surface area contributed by atoms with Crippen molar-refractivity contribution in [3.8, 4) is 5.75 Å². The molecule has 0 spiro atoms. The van der Waals surface area contributed by atoms with E-state index in [1.54, 1.807) is 0 Å². The number of amides is 1. The molecule has 0 aliphatic rings. The second kappa shape index (κ2) is 7.48. The fraction of sp³-hybridized carbons (Fsp3) is 0.278. The number of para-hydroxylation sites is 1. The Balaban J connectivity index is 1.80. The quantitative estimate of drug-likeness (QED) is 0.862. The normalized spacial score (nSPS) is 10.4. The number of nitrogens with one attached hydrogen (secondary N) is 1. The van der Waals surface area contributed by atoms with Crippen LogP contribution in [0, 0.1) is 0 Å². The van der Waals surface area contributed by atoms with Gasteiger partial charge >= 0.3 is 0 Å². The van der Waals surface area contributed by atoms with Crippen LogP contribution < -0.4 is 10.1 Å². The predicted molar refractivity (Wildman–Crippen MR) is 85.7 cm³/mol. The van der Waals surface area contributed by atoms with E-state index in [1.807, 2.05) is 48.5 Å². The fourth-order valence-electron chi connectivity index (χ4n) is 1.98. The lowest BCUT2D eigenvalue weighted by atomic mass is 10.0. The second-order valence-corrected chi connectivity index (χ2v) is 5.24. The number of anilines is 1. The van der Waals surface area contributed by atoms with Gasteiger partial charge < -0.3 is 10.1 Å². The molecule has 3 heteroatoms. The summed E-state index contributed by atoms with van der Waals surface area (Å²) in [7, 11) is 0. The second-order valence-electron chi connectivity index (χ2n) is 5.24. The highest BCUT2D eigenvalue weighted by atomic mass is 16.5. The van der Waals surface area contributed by atoms with E-state index in [4.69, 9.17) is 4.74 Å². The molecule has 2 rings (SSSR count). The summed E-state index contributed by atoms with van der Waals surface area (Å²) in [5, 5.41) is 2.90. The van der Waals surface area contributed by atoms with Crippen LogP contribution in [0.1, 0.15) is 31.7 Å². The minimum Gasteiger partial charge on any atom is -0.493 e. The van der Waals surface area contributed by atoms with Crippen molar-refractivity contribution >= 4 is 11.6 Å². The molecular formula is C18H21NO2. The van der Waals surface area contributed by atoms with Crippen LogP contribution in [-0.2, 0) is 4.79 Å². The standard InChI is InChI=1S/C18H21NO2/c1-14(2)15-7-6-8-16(13-15)19-18(20)11-12-21-17-9-4-3-5-10-17/h3-10,13-14H,11-12H2,1-2H3,(H,19,20). The summed E-state index contributed by atoms with van der Waals surface area (Å²) in [6.07, 6.45) is 0.334. The zero-order chi connectivity index (χ0) is 15.1. The predicted octanol–water partition coefficient (Wildman–Crippen LogP) is 4.22. The van der Waals surface area contributed by atoms with Crippen molar-refractivity contribution in [2.45, 2.75) is 26.2 Å². The molecule has 21 heavy (non-hydrogen) atoms. The van der Waals surface area contributed by atoms with Gasteiger partial charge in [0, 0.05) is 5.69 Å². The highest BCUT2D eigenvalue weighted by molar-refractivity contribution is 5.90. The van der Waals surface area contributed by atoms with Crippen molar-refractivity contribution in [2.75, 3.05) is 11.9 Å². The summed E-state index contributed by atoms with van der Waals surface area (Å²) >= 11 is 0. The third-order valence-electron chi connectivity index (χ3n) is 3.18. The van der Waals surface area contributed by atoms with Crippen LogP contribution in [0.2, 0.25) is 0 Å². The van der Waals surface area contributed by atoms with Gasteiger partial charge in [-0.15, -0.1) is 0 Å². The highest BCUT2D eigenvalue weighted by Crippen LogP contribution is 2.18. The first kappa shape index (κ1) is 15.1. The first-order valence-corrected chi connectivity index (χ1v) is 7.23. The van der Waals surface area contributed by atoms with E-state index in [0.717, 1.165) is 11.4 Å². The van der Waals surface area contributed by atoms with Gasteiger partial charge in [-0.25, -0.2) is 0 Å². The third kappa shape index (κ3) is 4.95. The zero-order valence-corrected chi connectivity index (χ0v) is 12.5. The van der Waals surface area contributed by atoms with Gasteiger partial charge in [-0.1, -0.05) is 44.2 Å². The summed E-state index contributed by atoms with van der Waals surface area (Å²) in [5.74, 6) is 1.20. The topological polar surface area (TPSA) is 38.3 Å². The Bertz CT molecular complexity index is 579. The monoisotopic (exact) mass is 283 g/mol. The van der Waals surface area contributed by atoms with Crippen LogP contribution in [0.5, 0.6) is 5.75 Å². The molecule has 0 radical (unpaired) electrons. The number of carbonyl (C=O) groups is 1.